The molecule has 1 aromatic carbocycles. The molecule has 4 nitrogen and oxygen atoms in total. The average molecular weight is 275 g/mol. The lowest BCUT2D eigenvalue weighted by molar-refractivity contribution is -0.174. The third-order valence-corrected chi connectivity index (χ3v) is 2.41. The van der Waals surface area contributed by atoms with Crippen molar-refractivity contribution < 1.29 is 27.9 Å². The van der Waals surface area contributed by atoms with Crippen molar-refractivity contribution in [2.75, 3.05) is 0 Å². The van der Waals surface area contributed by atoms with Gasteiger partial charge in [-0.15, -0.1) is 0 Å². The lowest BCUT2D eigenvalue weighted by Crippen LogP contribution is -2.39. The van der Waals surface area contributed by atoms with E-state index in [0.29, 0.717) is 5.56 Å². The predicted octanol–water partition coefficient (Wildman–Crippen LogP) is 2.27. The van der Waals surface area contributed by atoms with Gasteiger partial charge in [-0.2, -0.15) is 13.2 Å². The molecule has 1 unspecified atom stereocenters. The number of rotatable bonds is 5. The monoisotopic (exact) mass is 275 g/mol. The Bertz CT molecular complexity index is 445. The van der Waals surface area contributed by atoms with E-state index in [0.717, 1.165) is 0 Å². The second-order valence-corrected chi connectivity index (χ2v) is 3.87. The molecular weight excluding hydrogens is 263 g/mol. The Hall–Kier alpha value is -2.05. The van der Waals surface area contributed by atoms with Gasteiger partial charge in [0.1, 0.15) is 0 Å². The van der Waals surface area contributed by atoms with Gasteiger partial charge in [0, 0.05) is 6.42 Å². The summed E-state index contributed by atoms with van der Waals surface area (Å²) in [6.45, 7) is 0. The van der Waals surface area contributed by atoms with Crippen LogP contribution in [0.3, 0.4) is 0 Å². The van der Waals surface area contributed by atoms with Crippen LogP contribution < -0.4 is 5.32 Å². The zero-order chi connectivity index (χ0) is 14.5. The van der Waals surface area contributed by atoms with Gasteiger partial charge in [0.2, 0.25) is 0 Å². The smallest absolute Gasteiger partial charge is 0.471 e. The third-order valence-electron chi connectivity index (χ3n) is 2.41. The number of carbonyl (C=O) groups excluding carboxylic acids is 1. The summed E-state index contributed by atoms with van der Waals surface area (Å²) >= 11 is 0. The number of hydrogen-bond donors (Lipinski definition) is 2. The molecule has 0 saturated carbocycles. The molecule has 104 valence electrons. The van der Waals surface area contributed by atoms with Crippen LogP contribution in [-0.2, 0) is 9.59 Å². The van der Waals surface area contributed by atoms with Crippen LogP contribution in [0.2, 0.25) is 0 Å². The van der Waals surface area contributed by atoms with Crippen LogP contribution >= 0.6 is 0 Å². The van der Waals surface area contributed by atoms with E-state index in [1.165, 1.54) is 12.1 Å². The van der Waals surface area contributed by atoms with Gasteiger partial charge >= 0.3 is 18.1 Å². The number of nitrogens with one attached hydrogen (secondary N) is 1. The van der Waals surface area contributed by atoms with Crippen molar-refractivity contribution in [2.45, 2.75) is 25.1 Å². The van der Waals surface area contributed by atoms with Crippen molar-refractivity contribution in [3.05, 3.63) is 35.9 Å². The molecule has 19 heavy (non-hydrogen) atoms. The molecule has 0 aromatic heterocycles. The first kappa shape index (κ1) is 15.0. The van der Waals surface area contributed by atoms with Crippen LogP contribution in [-0.4, -0.2) is 23.2 Å². The number of amides is 1. The van der Waals surface area contributed by atoms with E-state index >= 15 is 0 Å². The lowest BCUT2D eigenvalue weighted by atomic mass is 10.0. The molecule has 0 bridgehead atoms. The molecule has 1 amide bonds. The Morgan fingerprint density at radius 2 is 1.79 bits per heavy atom. The molecule has 0 saturated heterocycles. The SMILES string of the molecule is O=C(O)CCC(NC(=O)C(F)(F)F)c1ccccc1. The summed E-state index contributed by atoms with van der Waals surface area (Å²) in [4.78, 5) is 21.4. The van der Waals surface area contributed by atoms with Gasteiger partial charge in [0.25, 0.3) is 0 Å². The number of halogens is 3. The first-order chi connectivity index (χ1) is 8.80. The van der Waals surface area contributed by atoms with E-state index in [-0.39, 0.29) is 12.8 Å². The second kappa shape index (κ2) is 6.21. The van der Waals surface area contributed by atoms with Gasteiger partial charge in [-0.25, -0.2) is 0 Å². The predicted molar refractivity (Wildman–Crippen MR) is 60.3 cm³/mol. The highest BCUT2D eigenvalue weighted by molar-refractivity contribution is 5.82. The maximum absolute atomic E-state index is 12.2. The van der Waals surface area contributed by atoms with Crippen molar-refractivity contribution in [3.63, 3.8) is 0 Å². The average Bonchev–Trinajstić information content (AvgIpc) is 2.33. The molecule has 1 aromatic rings. The zero-order valence-electron chi connectivity index (χ0n) is 9.78. The molecule has 0 aliphatic heterocycles. The summed E-state index contributed by atoms with van der Waals surface area (Å²) in [5.74, 6) is -3.21. The van der Waals surface area contributed by atoms with Crippen molar-refractivity contribution in [1.29, 1.82) is 0 Å². The maximum atomic E-state index is 12.2. The molecule has 0 radical (unpaired) electrons. The topological polar surface area (TPSA) is 66.4 Å². The molecule has 0 fully saturated rings. The van der Waals surface area contributed by atoms with E-state index < -0.39 is 24.1 Å². The molecule has 7 heteroatoms. The fourth-order valence-corrected chi connectivity index (χ4v) is 1.52. The number of alkyl halides is 3. The van der Waals surface area contributed by atoms with E-state index in [1.807, 2.05) is 0 Å². The summed E-state index contributed by atoms with van der Waals surface area (Å²) in [5.41, 5.74) is 0.432. The zero-order valence-corrected chi connectivity index (χ0v) is 9.78. The maximum Gasteiger partial charge on any atom is 0.471 e. The highest BCUT2D eigenvalue weighted by Gasteiger charge is 2.39. The number of carbonyl (C=O) groups is 2. The van der Waals surface area contributed by atoms with Crippen LogP contribution in [0.5, 0.6) is 0 Å². The highest BCUT2D eigenvalue weighted by Crippen LogP contribution is 2.22. The van der Waals surface area contributed by atoms with E-state index in [1.54, 1.807) is 23.5 Å². The first-order valence-electron chi connectivity index (χ1n) is 5.45. The van der Waals surface area contributed by atoms with Gasteiger partial charge in [0.15, 0.2) is 0 Å². The summed E-state index contributed by atoms with van der Waals surface area (Å²) in [7, 11) is 0. The molecule has 1 rings (SSSR count). The van der Waals surface area contributed by atoms with Gasteiger partial charge in [-0.05, 0) is 12.0 Å². The van der Waals surface area contributed by atoms with Gasteiger partial charge in [-0.3, -0.25) is 9.59 Å². The molecular formula is C12H12F3NO3. The first-order valence-corrected chi connectivity index (χ1v) is 5.45. The van der Waals surface area contributed by atoms with Crippen molar-refractivity contribution in [3.8, 4) is 0 Å². The fourth-order valence-electron chi connectivity index (χ4n) is 1.52. The van der Waals surface area contributed by atoms with Gasteiger partial charge < -0.3 is 10.4 Å². The number of hydrogen-bond acceptors (Lipinski definition) is 2. The Morgan fingerprint density at radius 1 is 1.21 bits per heavy atom. The van der Waals surface area contributed by atoms with Gasteiger partial charge in [-0.1, -0.05) is 30.3 Å². The fraction of sp³-hybridized carbons (Fsp3) is 0.333. The Balaban J connectivity index is 2.81. The van der Waals surface area contributed by atoms with Crippen LogP contribution in [0.4, 0.5) is 13.2 Å². The summed E-state index contributed by atoms with van der Waals surface area (Å²) in [5, 5.41) is 10.4. The molecule has 0 spiro atoms. The highest BCUT2D eigenvalue weighted by atomic mass is 19.4. The van der Waals surface area contributed by atoms with Crippen LogP contribution in [0, 0.1) is 0 Å². The number of carboxylic acid groups (broad SMARTS) is 1. The Kier molecular flexibility index (Phi) is 4.91. The summed E-state index contributed by atoms with van der Waals surface area (Å²) in [6, 6.07) is 6.95. The van der Waals surface area contributed by atoms with Crippen LogP contribution in [0.1, 0.15) is 24.4 Å². The molecule has 1 atom stereocenters. The van der Waals surface area contributed by atoms with E-state index in [4.69, 9.17) is 5.11 Å². The Morgan fingerprint density at radius 3 is 2.26 bits per heavy atom. The largest absolute Gasteiger partial charge is 0.481 e. The summed E-state index contributed by atoms with van der Waals surface area (Å²) in [6.07, 6.45) is -5.44. The minimum atomic E-state index is -4.99. The standard InChI is InChI=1S/C12H12F3NO3/c13-12(14,15)11(19)16-9(6-7-10(17)18)8-4-2-1-3-5-8/h1-5,9H,6-7H2,(H,16,19)(H,17,18). The molecule has 2 N–H and O–H groups in total. The minimum Gasteiger partial charge on any atom is -0.481 e. The van der Waals surface area contributed by atoms with E-state index in [9.17, 15) is 22.8 Å². The number of carboxylic acids is 1. The molecule has 0 heterocycles. The second-order valence-electron chi connectivity index (χ2n) is 3.87. The summed E-state index contributed by atoms with van der Waals surface area (Å²) < 4.78 is 36.6. The van der Waals surface area contributed by atoms with E-state index in [2.05, 4.69) is 0 Å². The number of aliphatic carboxylic acids is 1. The quantitative estimate of drug-likeness (QED) is 0.866. The van der Waals surface area contributed by atoms with Crippen molar-refractivity contribution >= 4 is 11.9 Å². The minimum absolute atomic E-state index is 0.110. The third kappa shape index (κ3) is 4.99. The lowest BCUT2D eigenvalue weighted by Gasteiger charge is -2.19. The molecule has 0 aliphatic rings. The van der Waals surface area contributed by atoms with Crippen molar-refractivity contribution in [2.24, 2.45) is 0 Å². The molecule has 0 aliphatic carbocycles. The van der Waals surface area contributed by atoms with Crippen LogP contribution in [0.15, 0.2) is 30.3 Å². The van der Waals surface area contributed by atoms with Crippen LogP contribution in [0.25, 0.3) is 0 Å². The normalized spacial score (nSPS) is 12.8. The van der Waals surface area contributed by atoms with Gasteiger partial charge in [0.05, 0.1) is 6.04 Å². The van der Waals surface area contributed by atoms with Crippen molar-refractivity contribution in [1.82, 2.24) is 5.32 Å². The Labute approximate surface area is 107 Å². The number of benzene rings is 1.